The molecule has 1 aliphatic rings. The second-order valence-electron chi connectivity index (χ2n) is 4.73. The third kappa shape index (κ3) is 3.13. The summed E-state index contributed by atoms with van der Waals surface area (Å²) in [5, 5.41) is 4.75. The van der Waals surface area contributed by atoms with Gasteiger partial charge >= 0.3 is 0 Å². The van der Waals surface area contributed by atoms with Crippen molar-refractivity contribution in [3.05, 3.63) is 34.5 Å². The molecule has 2 aromatic heterocycles. The first-order valence-corrected chi connectivity index (χ1v) is 7.55. The summed E-state index contributed by atoms with van der Waals surface area (Å²) in [6.45, 7) is 2.93. The maximum Gasteiger partial charge on any atom is 0.265 e. The number of hydrogen-bond donors (Lipinski definition) is 1. The van der Waals surface area contributed by atoms with Gasteiger partial charge in [-0.2, -0.15) is 0 Å². The summed E-state index contributed by atoms with van der Waals surface area (Å²) in [4.78, 5) is 21.1. The van der Waals surface area contributed by atoms with Crippen LogP contribution < -0.4 is 14.8 Å². The van der Waals surface area contributed by atoms with Crippen LogP contribution in [0.25, 0.3) is 0 Å². The highest BCUT2D eigenvalue weighted by molar-refractivity contribution is 7.12. The Labute approximate surface area is 126 Å². The van der Waals surface area contributed by atoms with E-state index in [4.69, 9.17) is 9.47 Å². The molecular weight excluding hydrogens is 290 g/mol. The van der Waals surface area contributed by atoms with Crippen LogP contribution in [-0.2, 0) is 6.42 Å². The Balaban J connectivity index is 1.65. The van der Waals surface area contributed by atoms with Gasteiger partial charge in [-0.3, -0.25) is 14.8 Å². The van der Waals surface area contributed by atoms with E-state index in [9.17, 15) is 4.79 Å². The molecule has 0 unspecified atom stereocenters. The summed E-state index contributed by atoms with van der Waals surface area (Å²) in [5.74, 6) is 1.05. The summed E-state index contributed by atoms with van der Waals surface area (Å²) in [6.07, 6.45) is 5.60. The fraction of sp³-hybridized carbons (Fsp3) is 0.357. The van der Waals surface area contributed by atoms with Gasteiger partial charge in [0.15, 0.2) is 11.5 Å². The monoisotopic (exact) mass is 305 g/mol. The van der Waals surface area contributed by atoms with Crippen LogP contribution in [0.5, 0.6) is 11.5 Å². The van der Waals surface area contributed by atoms with E-state index in [1.165, 1.54) is 11.3 Å². The maximum atomic E-state index is 12.3. The number of ether oxygens (including phenoxy) is 2. The Morgan fingerprint density at radius 3 is 3.10 bits per heavy atom. The summed E-state index contributed by atoms with van der Waals surface area (Å²) in [5.41, 5.74) is 0.845. The molecule has 1 atom stereocenters. The molecule has 1 aliphatic heterocycles. The van der Waals surface area contributed by atoms with Gasteiger partial charge in [-0.25, -0.2) is 0 Å². The van der Waals surface area contributed by atoms with Gasteiger partial charge in [0.05, 0.1) is 5.69 Å². The molecule has 1 amide bonds. The predicted octanol–water partition coefficient (Wildman–Crippen LogP) is 1.67. The molecule has 0 saturated carbocycles. The number of hydrogen-bond acceptors (Lipinski definition) is 6. The molecule has 2 aromatic rings. The van der Waals surface area contributed by atoms with Crippen LogP contribution in [0, 0.1) is 0 Å². The van der Waals surface area contributed by atoms with Gasteiger partial charge in [-0.05, 0) is 6.92 Å². The lowest BCUT2D eigenvalue weighted by molar-refractivity contribution is 0.0935. The van der Waals surface area contributed by atoms with Crippen molar-refractivity contribution in [2.45, 2.75) is 19.4 Å². The molecule has 0 aliphatic carbocycles. The highest BCUT2D eigenvalue weighted by Gasteiger charge is 2.24. The van der Waals surface area contributed by atoms with Crippen LogP contribution in [0.15, 0.2) is 24.0 Å². The summed E-state index contributed by atoms with van der Waals surface area (Å²) in [6, 6.07) is -0.0449. The van der Waals surface area contributed by atoms with Gasteiger partial charge in [0.1, 0.15) is 18.1 Å². The topological polar surface area (TPSA) is 73.3 Å². The third-order valence-corrected chi connectivity index (χ3v) is 3.96. The highest BCUT2D eigenvalue weighted by Crippen LogP contribution is 2.39. The van der Waals surface area contributed by atoms with E-state index in [-0.39, 0.29) is 11.9 Å². The standard InChI is InChI=1S/C14H15N3O3S/c1-9(6-10-7-15-2-3-16-10)17-14(18)13-12-11(8-21-13)19-4-5-20-12/h2-3,7-9H,4-6H2,1H3,(H,17,18)/t9-/m1/s1. The van der Waals surface area contributed by atoms with E-state index in [1.807, 2.05) is 6.92 Å². The average Bonchev–Trinajstić information content (AvgIpc) is 2.92. The lowest BCUT2D eigenvalue weighted by Gasteiger charge is -2.17. The van der Waals surface area contributed by atoms with E-state index in [0.717, 1.165) is 5.69 Å². The Morgan fingerprint density at radius 2 is 2.29 bits per heavy atom. The largest absolute Gasteiger partial charge is 0.485 e. The number of carbonyl (C=O) groups excluding carboxylic acids is 1. The lowest BCUT2D eigenvalue weighted by Crippen LogP contribution is -2.34. The van der Waals surface area contributed by atoms with Crippen LogP contribution in [0.4, 0.5) is 0 Å². The lowest BCUT2D eigenvalue weighted by atomic mass is 10.2. The fourth-order valence-electron chi connectivity index (χ4n) is 2.11. The average molecular weight is 305 g/mol. The summed E-state index contributed by atoms with van der Waals surface area (Å²) < 4.78 is 11.0. The first-order valence-electron chi connectivity index (χ1n) is 6.67. The van der Waals surface area contributed by atoms with Crippen molar-refractivity contribution in [2.24, 2.45) is 0 Å². The maximum absolute atomic E-state index is 12.3. The number of carbonyl (C=O) groups is 1. The molecule has 0 fully saturated rings. The molecule has 0 bridgehead atoms. The smallest absolute Gasteiger partial charge is 0.265 e. The van der Waals surface area contributed by atoms with E-state index >= 15 is 0 Å². The van der Waals surface area contributed by atoms with Crippen LogP contribution in [0.1, 0.15) is 22.3 Å². The molecule has 110 valence electrons. The van der Waals surface area contributed by atoms with Crippen molar-refractivity contribution in [3.8, 4) is 11.5 Å². The molecule has 0 saturated heterocycles. The first-order chi connectivity index (χ1) is 10.2. The van der Waals surface area contributed by atoms with Crippen molar-refractivity contribution in [2.75, 3.05) is 13.2 Å². The number of thiophene rings is 1. The molecule has 3 rings (SSSR count). The highest BCUT2D eigenvalue weighted by atomic mass is 32.1. The molecule has 3 heterocycles. The predicted molar refractivity (Wildman–Crippen MR) is 78.0 cm³/mol. The molecule has 6 nitrogen and oxygen atoms in total. The minimum Gasteiger partial charge on any atom is -0.485 e. The van der Waals surface area contributed by atoms with Crippen molar-refractivity contribution < 1.29 is 14.3 Å². The second kappa shape index (κ2) is 6.09. The van der Waals surface area contributed by atoms with Gasteiger partial charge < -0.3 is 14.8 Å². The number of rotatable bonds is 4. The van der Waals surface area contributed by atoms with Crippen LogP contribution >= 0.6 is 11.3 Å². The Morgan fingerprint density at radius 1 is 1.43 bits per heavy atom. The number of amides is 1. The van der Waals surface area contributed by atoms with E-state index in [2.05, 4.69) is 15.3 Å². The number of fused-ring (bicyclic) bond motifs is 1. The van der Waals surface area contributed by atoms with Gasteiger partial charge in [-0.1, -0.05) is 0 Å². The zero-order valence-corrected chi connectivity index (χ0v) is 12.4. The fourth-order valence-corrected chi connectivity index (χ4v) is 2.94. The van der Waals surface area contributed by atoms with E-state index in [0.29, 0.717) is 36.0 Å². The molecule has 0 aromatic carbocycles. The van der Waals surface area contributed by atoms with E-state index in [1.54, 1.807) is 24.0 Å². The van der Waals surface area contributed by atoms with Gasteiger partial charge in [0, 0.05) is 36.4 Å². The van der Waals surface area contributed by atoms with Crippen molar-refractivity contribution in [1.82, 2.24) is 15.3 Å². The van der Waals surface area contributed by atoms with Gasteiger partial charge in [0.25, 0.3) is 5.91 Å². The van der Waals surface area contributed by atoms with Crippen molar-refractivity contribution in [1.29, 1.82) is 0 Å². The molecular formula is C14H15N3O3S. The van der Waals surface area contributed by atoms with E-state index < -0.39 is 0 Å². The zero-order valence-electron chi connectivity index (χ0n) is 11.5. The normalized spacial score (nSPS) is 14.5. The molecule has 21 heavy (non-hydrogen) atoms. The van der Waals surface area contributed by atoms with Gasteiger partial charge in [-0.15, -0.1) is 11.3 Å². The van der Waals surface area contributed by atoms with Crippen molar-refractivity contribution >= 4 is 17.2 Å². The van der Waals surface area contributed by atoms with Crippen LogP contribution in [0.2, 0.25) is 0 Å². The second-order valence-corrected chi connectivity index (χ2v) is 5.61. The van der Waals surface area contributed by atoms with Crippen LogP contribution in [-0.4, -0.2) is 35.1 Å². The zero-order chi connectivity index (χ0) is 14.7. The number of nitrogens with one attached hydrogen (secondary N) is 1. The third-order valence-electron chi connectivity index (χ3n) is 3.02. The Hall–Kier alpha value is -2.15. The molecule has 0 radical (unpaired) electrons. The number of aromatic nitrogens is 2. The minimum atomic E-state index is -0.150. The SMILES string of the molecule is C[C@H](Cc1cnccn1)NC(=O)c1scc2c1OCCO2. The summed E-state index contributed by atoms with van der Waals surface area (Å²) >= 11 is 1.33. The quantitative estimate of drug-likeness (QED) is 0.930. The summed E-state index contributed by atoms with van der Waals surface area (Å²) in [7, 11) is 0. The number of nitrogens with zero attached hydrogens (tertiary/aromatic N) is 2. The van der Waals surface area contributed by atoms with Crippen molar-refractivity contribution in [3.63, 3.8) is 0 Å². The minimum absolute atomic E-state index is 0.0449. The van der Waals surface area contributed by atoms with Crippen LogP contribution in [0.3, 0.4) is 0 Å². The van der Waals surface area contributed by atoms with Gasteiger partial charge in [0.2, 0.25) is 0 Å². The molecule has 1 N–H and O–H groups in total. The first kappa shape index (κ1) is 13.8. The Bertz CT molecular complexity index is 630. The molecule has 0 spiro atoms. The Kier molecular flexibility index (Phi) is 4.01. The molecule has 7 heteroatoms.